The van der Waals surface area contributed by atoms with E-state index in [0.717, 1.165) is 0 Å². The molecule has 0 aromatic rings. The number of rotatable bonds is 0. The van der Waals surface area contributed by atoms with E-state index in [1.165, 1.54) is 0 Å². The third kappa shape index (κ3) is 24.9. The van der Waals surface area contributed by atoms with Crippen molar-refractivity contribution in [3.63, 3.8) is 0 Å². The summed E-state index contributed by atoms with van der Waals surface area (Å²) in [5, 5.41) is 0. The van der Waals surface area contributed by atoms with Gasteiger partial charge in [-0.15, -0.1) is 11.1 Å². The molecule has 0 heterocycles. The van der Waals surface area contributed by atoms with Gasteiger partial charge in [0.15, 0.2) is 0 Å². The summed E-state index contributed by atoms with van der Waals surface area (Å²) < 4.78 is 8.87. The minimum Gasteiger partial charge on any atom is -0.266 e. The Morgan fingerprint density at radius 3 is 1.60 bits per heavy atom. The van der Waals surface area contributed by atoms with Crippen LogP contribution in [0.15, 0.2) is 0 Å². The molecule has 32 valence electrons. The molecule has 5 heavy (non-hydrogen) atoms. The summed E-state index contributed by atoms with van der Waals surface area (Å²) >= 11 is 8.18. The van der Waals surface area contributed by atoms with Crippen molar-refractivity contribution in [1.82, 2.24) is 0 Å². The van der Waals surface area contributed by atoms with E-state index in [1.54, 1.807) is 43.6 Å². The molecule has 0 saturated carbocycles. The quantitative estimate of drug-likeness (QED) is 0.362. The van der Waals surface area contributed by atoms with Crippen molar-refractivity contribution in [2.75, 3.05) is 0 Å². The van der Waals surface area contributed by atoms with Gasteiger partial charge >= 0.3 is 2.71 Å². The summed E-state index contributed by atoms with van der Waals surface area (Å²) in [7, 11) is 0. The van der Waals surface area contributed by atoms with Gasteiger partial charge in [0.05, 0.1) is 0 Å². The van der Waals surface area contributed by atoms with Crippen LogP contribution in [0.1, 0.15) is 0 Å². The largest absolute Gasteiger partial charge is 0.465 e. The first kappa shape index (κ1) is 6.90. The van der Waals surface area contributed by atoms with Crippen LogP contribution >= 0.6 is 54.7 Å². The van der Waals surface area contributed by atoms with Crippen molar-refractivity contribution < 1.29 is 4.11 Å². The van der Waals surface area contributed by atoms with E-state index in [9.17, 15) is 4.11 Å². The van der Waals surface area contributed by atoms with E-state index >= 15 is 0 Å². The van der Waals surface area contributed by atoms with Gasteiger partial charge in [-0.2, -0.15) is 0 Å². The average molecular weight is 336 g/mol. The predicted molar refractivity (Wildman–Crippen MR) is 40.8 cm³/mol. The summed E-state index contributed by atoms with van der Waals surface area (Å²) in [6.07, 6.45) is 0. The van der Waals surface area contributed by atoms with Gasteiger partial charge in [0.25, 0.3) is 0 Å². The Balaban J connectivity index is 3.02. The standard InChI is InChI=1S/ClFI2Si/c1-5(2,3)4. The maximum atomic E-state index is 11.6. The van der Waals surface area contributed by atoms with E-state index in [4.69, 9.17) is 11.1 Å². The van der Waals surface area contributed by atoms with Gasteiger partial charge in [0.2, 0.25) is 0 Å². The second-order valence-corrected chi connectivity index (χ2v) is 21.8. The topological polar surface area (TPSA) is 0 Å². The van der Waals surface area contributed by atoms with Crippen LogP contribution in [0.4, 0.5) is 4.11 Å². The van der Waals surface area contributed by atoms with Crippen molar-refractivity contribution in [2.45, 2.75) is 0 Å². The van der Waals surface area contributed by atoms with Gasteiger partial charge in [0, 0.05) is 0 Å². The predicted octanol–water partition coefficient (Wildman–Crippen LogP) is 2.50. The summed E-state index contributed by atoms with van der Waals surface area (Å²) in [4.78, 5) is 0. The lowest BCUT2D eigenvalue weighted by Gasteiger charge is -1.85. The minimum absolute atomic E-state index is 1.60. The molecule has 0 fully saturated rings. The molecule has 0 nitrogen and oxygen atoms in total. The zero-order chi connectivity index (χ0) is 4.50. The van der Waals surface area contributed by atoms with Crippen LogP contribution in [0.2, 0.25) is 0 Å². The van der Waals surface area contributed by atoms with Crippen molar-refractivity contribution in [3.8, 4) is 0 Å². The normalized spacial score (nSPS) is 12.0. The molecule has 0 rings (SSSR count). The molecule has 0 bridgehead atoms. The first-order valence-electron chi connectivity index (χ1n) is 0.756. The molecule has 0 saturated heterocycles. The van der Waals surface area contributed by atoms with E-state index in [2.05, 4.69) is 0 Å². The van der Waals surface area contributed by atoms with Crippen LogP contribution in [0, 0.1) is 0 Å². The highest BCUT2D eigenvalue weighted by atomic mass is 127. The molecule has 0 aromatic heterocycles. The summed E-state index contributed by atoms with van der Waals surface area (Å²) in [5.41, 5.74) is 0. The van der Waals surface area contributed by atoms with Gasteiger partial charge in [-0.1, -0.05) is 0 Å². The molecule has 0 spiro atoms. The molecule has 0 aliphatic carbocycles. The van der Waals surface area contributed by atoms with Crippen molar-refractivity contribution in [3.05, 3.63) is 0 Å². The maximum absolute atomic E-state index is 11.6. The lowest BCUT2D eigenvalue weighted by Crippen LogP contribution is -1.91. The molecule has 0 unspecified atom stereocenters. The molecule has 0 radical (unpaired) electrons. The van der Waals surface area contributed by atoms with Crippen molar-refractivity contribution >= 4 is 57.4 Å². The van der Waals surface area contributed by atoms with Gasteiger partial charge in [-0.05, 0) is 43.6 Å². The van der Waals surface area contributed by atoms with Crippen LogP contribution < -0.4 is 0 Å². The second kappa shape index (κ2) is 2.27. The maximum Gasteiger partial charge on any atom is 0.465 e. The zero-order valence-electron chi connectivity index (χ0n) is 2.01. The van der Waals surface area contributed by atoms with Gasteiger partial charge in [-0.25, -0.2) is 0 Å². The molecule has 0 aromatic carbocycles. The zero-order valence-corrected chi connectivity index (χ0v) is 8.08. The average Bonchev–Trinajstić information content (AvgIpc) is 0.722. The Hall–Kier alpha value is 1.90. The van der Waals surface area contributed by atoms with Gasteiger partial charge in [-0.3, -0.25) is 4.11 Å². The highest BCUT2D eigenvalue weighted by Crippen LogP contribution is 2.26. The first-order valence-corrected chi connectivity index (χ1v) is 9.87. The molecule has 0 atom stereocenters. The van der Waals surface area contributed by atoms with Crippen molar-refractivity contribution in [1.29, 1.82) is 0 Å². The molecule has 0 aliphatic rings. The molecular weight excluding hydrogens is 336 g/mol. The molecule has 0 N–H and O–H groups in total. The van der Waals surface area contributed by atoms with E-state index in [0.29, 0.717) is 0 Å². The van der Waals surface area contributed by atoms with Crippen LogP contribution in [0.5, 0.6) is 0 Å². The van der Waals surface area contributed by atoms with E-state index in [1.807, 2.05) is 0 Å². The number of hydrogen-bond acceptors (Lipinski definition) is 0. The summed E-state index contributed by atoms with van der Waals surface area (Å²) in [6, 6.07) is 0. The van der Waals surface area contributed by atoms with Crippen LogP contribution in [0.3, 0.4) is 0 Å². The fourth-order valence-electron chi connectivity index (χ4n) is 0. The lowest BCUT2D eigenvalue weighted by atomic mass is 18.9. The van der Waals surface area contributed by atoms with Crippen molar-refractivity contribution in [2.24, 2.45) is 0 Å². The van der Waals surface area contributed by atoms with Crippen LogP contribution in [-0.4, -0.2) is 2.71 Å². The highest BCUT2D eigenvalue weighted by Gasteiger charge is 2.20. The van der Waals surface area contributed by atoms with Crippen LogP contribution in [-0.2, 0) is 0 Å². The summed E-state index contributed by atoms with van der Waals surface area (Å²) in [5.74, 6) is 0. The van der Waals surface area contributed by atoms with Gasteiger partial charge < -0.3 is 0 Å². The second-order valence-electron chi connectivity index (χ2n) is 0.429. The van der Waals surface area contributed by atoms with E-state index < -0.39 is 2.71 Å². The molecule has 5 heteroatoms. The monoisotopic (exact) mass is 336 g/mol. The molecule has 0 amide bonds. The fraction of sp³-hybridized carbons (Fsp3) is 0. The Bertz CT molecular complexity index is 25.1. The Labute approximate surface area is 60.8 Å². The first-order chi connectivity index (χ1) is 2.00. The Morgan fingerprint density at radius 1 is 1.60 bits per heavy atom. The third-order valence-electron chi connectivity index (χ3n) is 0. The van der Waals surface area contributed by atoms with E-state index in [-0.39, 0.29) is 0 Å². The smallest absolute Gasteiger partial charge is 0.266 e. The Morgan fingerprint density at radius 2 is 1.60 bits per heavy atom. The number of halogens is 4. The van der Waals surface area contributed by atoms with Crippen LogP contribution in [0.25, 0.3) is 0 Å². The molecule has 0 aliphatic heterocycles. The number of hydrogen-bond donors (Lipinski definition) is 0. The SMILES string of the molecule is F[Si](Cl)(I)I. The highest BCUT2D eigenvalue weighted by molar-refractivity contribution is 14.3. The van der Waals surface area contributed by atoms with Gasteiger partial charge in [0.1, 0.15) is 0 Å². The Kier molecular flexibility index (Phi) is 3.13. The third-order valence-corrected chi connectivity index (χ3v) is 0. The summed E-state index contributed by atoms with van der Waals surface area (Å²) in [6.45, 7) is 0. The molecular formula is ClFI2Si. The fourth-order valence-corrected chi connectivity index (χ4v) is 0. The lowest BCUT2D eigenvalue weighted by molar-refractivity contribution is 0.887. The minimum atomic E-state index is -2.70.